The van der Waals surface area contributed by atoms with E-state index < -0.39 is 5.97 Å². The predicted molar refractivity (Wildman–Crippen MR) is 130 cm³/mol. The van der Waals surface area contributed by atoms with Gasteiger partial charge in [0.2, 0.25) is 0 Å². The molecule has 4 nitrogen and oxygen atoms in total. The van der Waals surface area contributed by atoms with E-state index in [1.165, 1.54) is 83.5 Å². The molecule has 1 aromatic carbocycles. The van der Waals surface area contributed by atoms with E-state index in [-0.39, 0.29) is 5.56 Å². The van der Waals surface area contributed by atoms with Crippen molar-refractivity contribution in [2.24, 2.45) is 0 Å². The van der Waals surface area contributed by atoms with Crippen LogP contribution in [0.25, 0.3) is 0 Å². The minimum atomic E-state index is -0.958. The summed E-state index contributed by atoms with van der Waals surface area (Å²) >= 11 is 0. The van der Waals surface area contributed by atoms with Gasteiger partial charge in [-0.25, -0.2) is 4.79 Å². The Morgan fingerprint density at radius 1 is 0.677 bits per heavy atom. The van der Waals surface area contributed by atoms with Crippen LogP contribution in [-0.4, -0.2) is 24.3 Å². The van der Waals surface area contributed by atoms with Crippen LogP contribution in [0.1, 0.15) is 127 Å². The second-order valence-corrected chi connectivity index (χ2v) is 8.61. The lowest BCUT2D eigenvalue weighted by molar-refractivity contribution is 0.0692. The molecule has 1 rings (SSSR count). The van der Waals surface area contributed by atoms with E-state index in [0.29, 0.717) is 24.7 Å². The first-order valence-corrected chi connectivity index (χ1v) is 12.8. The maximum Gasteiger partial charge on any atom is 0.339 e. The smallest absolute Gasteiger partial charge is 0.339 e. The van der Waals surface area contributed by atoms with Gasteiger partial charge < -0.3 is 14.6 Å². The maximum atomic E-state index is 11.5. The standard InChI is InChI=1S/C27H46O4/c1-3-5-7-9-11-13-15-17-21-30-24-19-20-25(27(28)29)26(23-24)31-22-18-16-14-12-10-8-6-4-2/h19-20,23H,3-18,21-22H2,1-2H3,(H,28,29). The lowest BCUT2D eigenvalue weighted by atomic mass is 10.1. The van der Waals surface area contributed by atoms with Gasteiger partial charge in [-0.2, -0.15) is 0 Å². The van der Waals surface area contributed by atoms with Gasteiger partial charge in [-0.1, -0.05) is 104 Å². The minimum absolute atomic E-state index is 0.207. The molecule has 0 radical (unpaired) electrons. The maximum absolute atomic E-state index is 11.5. The molecule has 4 heteroatoms. The molecule has 0 saturated carbocycles. The summed E-state index contributed by atoms with van der Waals surface area (Å²) in [6, 6.07) is 5.06. The van der Waals surface area contributed by atoms with Crippen LogP contribution < -0.4 is 9.47 Å². The third-order valence-electron chi connectivity index (χ3n) is 5.71. The molecule has 0 fully saturated rings. The van der Waals surface area contributed by atoms with E-state index in [1.54, 1.807) is 18.2 Å². The molecule has 0 aromatic heterocycles. The molecule has 31 heavy (non-hydrogen) atoms. The first-order chi connectivity index (χ1) is 15.2. The van der Waals surface area contributed by atoms with Crippen LogP contribution in [0.3, 0.4) is 0 Å². The summed E-state index contributed by atoms with van der Waals surface area (Å²) in [7, 11) is 0. The molecule has 0 amide bonds. The number of hydrogen-bond acceptors (Lipinski definition) is 3. The van der Waals surface area contributed by atoms with Gasteiger partial charge in [0.05, 0.1) is 13.2 Å². The van der Waals surface area contributed by atoms with Crippen LogP contribution in [0.4, 0.5) is 0 Å². The summed E-state index contributed by atoms with van der Waals surface area (Å²) in [6.07, 6.45) is 20.0. The van der Waals surface area contributed by atoms with Crippen molar-refractivity contribution >= 4 is 5.97 Å². The van der Waals surface area contributed by atoms with Gasteiger partial charge in [-0.3, -0.25) is 0 Å². The number of carbonyl (C=O) groups is 1. The lowest BCUT2D eigenvalue weighted by Crippen LogP contribution is -2.06. The van der Waals surface area contributed by atoms with Crippen LogP contribution >= 0.6 is 0 Å². The van der Waals surface area contributed by atoms with Crippen LogP contribution in [0.15, 0.2) is 18.2 Å². The molecule has 0 saturated heterocycles. The molecule has 0 bridgehead atoms. The van der Waals surface area contributed by atoms with Gasteiger partial charge >= 0.3 is 5.97 Å². The molecule has 0 heterocycles. The van der Waals surface area contributed by atoms with Crippen molar-refractivity contribution in [2.45, 2.75) is 117 Å². The molecule has 178 valence electrons. The summed E-state index contributed by atoms with van der Waals surface area (Å²) in [5.74, 6) is 0.156. The Kier molecular flexibility index (Phi) is 16.8. The minimum Gasteiger partial charge on any atom is -0.493 e. The number of benzene rings is 1. The zero-order valence-corrected chi connectivity index (χ0v) is 20.1. The van der Waals surface area contributed by atoms with E-state index in [1.807, 2.05) is 0 Å². The Morgan fingerprint density at radius 3 is 1.61 bits per heavy atom. The first kappa shape index (κ1) is 27.3. The average molecular weight is 435 g/mol. The van der Waals surface area contributed by atoms with Crippen molar-refractivity contribution in [3.8, 4) is 11.5 Å². The quantitative estimate of drug-likeness (QED) is 0.197. The van der Waals surface area contributed by atoms with Gasteiger partial charge in [0.15, 0.2) is 0 Å². The van der Waals surface area contributed by atoms with E-state index in [0.717, 1.165) is 19.3 Å². The predicted octanol–water partition coefficient (Wildman–Crippen LogP) is 8.42. The Hall–Kier alpha value is -1.71. The summed E-state index contributed by atoms with van der Waals surface area (Å²) in [5, 5.41) is 9.43. The molecule has 0 aliphatic carbocycles. The monoisotopic (exact) mass is 434 g/mol. The highest BCUT2D eigenvalue weighted by molar-refractivity contribution is 5.91. The van der Waals surface area contributed by atoms with E-state index in [4.69, 9.17) is 9.47 Å². The second kappa shape index (κ2) is 19.0. The summed E-state index contributed by atoms with van der Waals surface area (Å²) in [5.41, 5.74) is 0.207. The van der Waals surface area contributed by atoms with Crippen molar-refractivity contribution < 1.29 is 19.4 Å². The summed E-state index contributed by atoms with van der Waals surface area (Å²) in [4.78, 5) is 11.5. The van der Waals surface area contributed by atoms with Crippen LogP contribution in [0, 0.1) is 0 Å². The van der Waals surface area contributed by atoms with Gasteiger partial charge in [0, 0.05) is 6.07 Å². The SMILES string of the molecule is CCCCCCCCCCOc1ccc(C(=O)O)c(OCCCCCCCCCC)c1. The van der Waals surface area contributed by atoms with E-state index in [2.05, 4.69) is 13.8 Å². The molecular formula is C27H46O4. The summed E-state index contributed by atoms with van der Waals surface area (Å²) in [6.45, 7) is 5.70. The molecule has 1 aromatic rings. The highest BCUT2D eigenvalue weighted by Gasteiger charge is 2.12. The summed E-state index contributed by atoms with van der Waals surface area (Å²) < 4.78 is 11.7. The molecule has 1 N–H and O–H groups in total. The van der Waals surface area contributed by atoms with Crippen LogP contribution in [0.5, 0.6) is 11.5 Å². The van der Waals surface area contributed by atoms with Crippen molar-refractivity contribution in [3.05, 3.63) is 23.8 Å². The molecule has 0 atom stereocenters. The third-order valence-corrected chi connectivity index (χ3v) is 5.71. The largest absolute Gasteiger partial charge is 0.493 e. The average Bonchev–Trinajstić information content (AvgIpc) is 2.76. The van der Waals surface area contributed by atoms with Crippen molar-refractivity contribution in [1.82, 2.24) is 0 Å². The van der Waals surface area contributed by atoms with Crippen LogP contribution in [0.2, 0.25) is 0 Å². The fourth-order valence-electron chi connectivity index (χ4n) is 3.73. The normalized spacial score (nSPS) is 10.9. The zero-order valence-electron chi connectivity index (χ0n) is 20.1. The van der Waals surface area contributed by atoms with E-state index in [9.17, 15) is 9.90 Å². The molecule has 0 spiro atoms. The van der Waals surface area contributed by atoms with E-state index >= 15 is 0 Å². The molecule has 0 aliphatic rings. The Bertz CT molecular complexity index is 570. The number of aromatic carboxylic acids is 1. The fourth-order valence-corrected chi connectivity index (χ4v) is 3.73. The Balaban J connectivity index is 2.26. The Labute approximate surface area is 190 Å². The number of ether oxygens (including phenoxy) is 2. The number of hydrogen-bond donors (Lipinski definition) is 1. The highest BCUT2D eigenvalue weighted by atomic mass is 16.5. The zero-order chi connectivity index (χ0) is 22.6. The highest BCUT2D eigenvalue weighted by Crippen LogP contribution is 2.26. The van der Waals surface area contributed by atoms with Gasteiger partial charge in [0.1, 0.15) is 17.1 Å². The topological polar surface area (TPSA) is 55.8 Å². The number of carboxylic acids is 1. The Morgan fingerprint density at radius 2 is 1.13 bits per heavy atom. The number of unbranched alkanes of at least 4 members (excludes halogenated alkanes) is 14. The first-order valence-electron chi connectivity index (χ1n) is 12.8. The number of rotatable bonds is 21. The van der Waals surface area contributed by atoms with Gasteiger partial charge in [-0.05, 0) is 25.0 Å². The lowest BCUT2D eigenvalue weighted by Gasteiger charge is -2.12. The molecular weight excluding hydrogens is 388 g/mol. The van der Waals surface area contributed by atoms with Crippen LogP contribution in [-0.2, 0) is 0 Å². The third kappa shape index (κ3) is 14.1. The van der Waals surface area contributed by atoms with Crippen molar-refractivity contribution in [1.29, 1.82) is 0 Å². The second-order valence-electron chi connectivity index (χ2n) is 8.61. The molecule has 0 unspecified atom stereocenters. The van der Waals surface area contributed by atoms with Gasteiger partial charge in [0.25, 0.3) is 0 Å². The number of carboxylic acid groups (broad SMARTS) is 1. The van der Waals surface area contributed by atoms with Crippen molar-refractivity contribution in [3.63, 3.8) is 0 Å². The fraction of sp³-hybridized carbons (Fsp3) is 0.741. The molecule has 0 aliphatic heterocycles. The van der Waals surface area contributed by atoms with Gasteiger partial charge in [-0.15, -0.1) is 0 Å². The van der Waals surface area contributed by atoms with Crippen molar-refractivity contribution in [2.75, 3.05) is 13.2 Å².